The van der Waals surface area contributed by atoms with Gasteiger partial charge in [-0.2, -0.15) is 0 Å². The first kappa shape index (κ1) is 26.8. The molecule has 0 radical (unpaired) electrons. The highest BCUT2D eigenvalue weighted by Crippen LogP contribution is 2.39. The van der Waals surface area contributed by atoms with Gasteiger partial charge < -0.3 is 25.7 Å². The number of carbonyl (C=O) groups is 4. The molecule has 4 N–H and O–H groups in total. The molecule has 2 aliphatic rings. The second-order valence-electron chi connectivity index (χ2n) is 8.01. The molecular weight excluding hydrogens is 536 g/mol. The molecule has 198 valence electrons. The van der Waals surface area contributed by atoms with Crippen LogP contribution in [0.15, 0.2) is 57.8 Å². The van der Waals surface area contributed by atoms with E-state index in [9.17, 15) is 24.3 Å². The molecule has 0 bridgehead atoms. The lowest BCUT2D eigenvalue weighted by molar-refractivity contribution is -0.671. The van der Waals surface area contributed by atoms with Gasteiger partial charge in [-0.1, -0.05) is 5.16 Å². The number of carbonyl (C=O) groups excluding carboxylic acids is 3. The standard InChI is InChI=1S/C23H22N6O7S2/c1-28-7-3-5-12(9-28)22(34)36-8-4-6-15-18(21(32)33)29-14(11-37-15)17(20(29)31)26-19(30)16(27-35-2)13-10-38-23(24)25-13/h3-7,9-10,14,17H,8,11H2,1-2H3,(H3-,24,25,26,30,32,33)/p+1. The number of amides is 2. The van der Waals surface area contributed by atoms with Gasteiger partial charge in [-0.3, -0.25) is 14.5 Å². The van der Waals surface area contributed by atoms with Gasteiger partial charge in [-0.05, 0) is 18.2 Å². The van der Waals surface area contributed by atoms with Crippen molar-refractivity contribution in [3.63, 3.8) is 0 Å². The molecule has 2 aromatic heterocycles. The predicted octanol–water partition coefficient (Wildman–Crippen LogP) is 0.0521. The first-order valence-corrected chi connectivity index (χ1v) is 12.9. The van der Waals surface area contributed by atoms with Gasteiger partial charge in [-0.25, -0.2) is 19.1 Å². The number of carboxylic acid groups (broad SMARTS) is 1. The highest BCUT2D eigenvalue weighted by molar-refractivity contribution is 8.03. The average molecular weight is 560 g/mol. The lowest BCUT2D eigenvalue weighted by atomic mass is 9.94. The van der Waals surface area contributed by atoms with Gasteiger partial charge in [0.05, 0.1) is 6.04 Å². The number of β-lactam (4-membered cyclic amide) rings is 1. The van der Waals surface area contributed by atoms with Gasteiger partial charge in [0.1, 0.15) is 43.8 Å². The van der Waals surface area contributed by atoms with E-state index < -0.39 is 35.8 Å². The molecule has 0 aliphatic carbocycles. The van der Waals surface area contributed by atoms with Crippen molar-refractivity contribution in [3.8, 4) is 0 Å². The van der Waals surface area contributed by atoms with E-state index in [4.69, 9.17) is 15.3 Å². The number of aromatic nitrogens is 2. The molecular formula is C23H23N6O7S2+. The maximum Gasteiger partial charge on any atom is 0.353 e. The first-order chi connectivity index (χ1) is 18.2. The van der Waals surface area contributed by atoms with Crippen LogP contribution in [0.5, 0.6) is 0 Å². The van der Waals surface area contributed by atoms with Gasteiger partial charge in [0.15, 0.2) is 23.2 Å². The van der Waals surface area contributed by atoms with E-state index in [0.717, 1.165) is 16.2 Å². The van der Waals surface area contributed by atoms with Crippen molar-refractivity contribution in [1.29, 1.82) is 0 Å². The first-order valence-electron chi connectivity index (χ1n) is 11.1. The second kappa shape index (κ2) is 11.4. The van der Waals surface area contributed by atoms with E-state index in [0.29, 0.717) is 16.2 Å². The minimum absolute atomic E-state index is 0.0901. The van der Waals surface area contributed by atoms with E-state index >= 15 is 0 Å². The van der Waals surface area contributed by atoms with Crippen molar-refractivity contribution in [2.45, 2.75) is 12.1 Å². The number of hydrogen-bond donors (Lipinski definition) is 3. The minimum atomic E-state index is -1.30. The molecule has 15 heteroatoms. The molecule has 2 aliphatic heterocycles. The number of thiazole rings is 1. The fourth-order valence-electron chi connectivity index (χ4n) is 3.82. The number of esters is 1. The SMILES string of the molecule is CON=C(C(=O)NC1C(=O)N2C(C(=O)O)=C(C=CCOC(=O)c3ccc[n+](C)c3)SCC12)c1csc(N)n1. The Morgan fingerprint density at radius 1 is 1.42 bits per heavy atom. The highest BCUT2D eigenvalue weighted by Gasteiger charge is 2.54. The van der Waals surface area contributed by atoms with E-state index in [1.54, 1.807) is 36.1 Å². The second-order valence-corrected chi connectivity index (χ2v) is 9.96. The number of aryl methyl sites for hydroxylation is 1. The summed E-state index contributed by atoms with van der Waals surface area (Å²) in [5.41, 5.74) is 5.82. The minimum Gasteiger partial charge on any atom is -0.477 e. The summed E-state index contributed by atoms with van der Waals surface area (Å²) < 4.78 is 6.93. The third-order valence-corrected chi connectivity index (χ3v) is 7.33. The largest absolute Gasteiger partial charge is 0.477 e. The molecule has 0 aromatic carbocycles. The summed E-state index contributed by atoms with van der Waals surface area (Å²) in [7, 11) is 3.04. The predicted molar refractivity (Wildman–Crippen MR) is 137 cm³/mol. The normalized spacial score (nSPS) is 19.2. The van der Waals surface area contributed by atoms with Crippen molar-refractivity contribution >= 4 is 57.7 Å². The fourth-order valence-corrected chi connectivity index (χ4v) is 5.57. The monoisotopic (exact) mass is 559 g/mol. The van der Waals surface area contributed by atoms with Crippen LogP contribution in [-0.2, 0) is 31.0 Å². The molecule has 4 rings (SSSR count). The third-order valence-electron chi connectivity index (χ3n) is 5.51. The van der Waals surface area contributed by atoms with Crippen LogP contribution >= 0.6 is 23.1 Å². The third kappa shape index (κ3) is 5.52. The number of carboxylic acids is 1. The van der Waals surface area contributed by atoms with Gasteiger partial charge in [0, 0.05) is 22.1 Å². The van der Waals surface area contributed by atoms with Crippen LogP contribution < -0.4 is 15.6 Å². The quantitative estimate of drug-likeness (QED) is 0.125. The molecule has 13 nitrogen and oxygen atoms in total. The number of fused-ring (bicyclic) bond motifs is 1. The van der Waals surface area contributed by atoms with Crippen molar-refractivity contribution in [2.24, 2.45) is 12.2 Å². The van der Waals surface area contributed by atoms with Crippen molar-refractivity contribution in [1.82, 2.24) is 15.2 Å². The van der Waals surface area contributed by atoms with Crippen LogP contribution in [-0.4, -0.2) is 76.0 Å². The van der Waals surface area contributed by atoms with Crippen LogP contribution in [0.4, 0.5) is 5.13 Å². The van der Waals surface area contributed by atoms with Crippen LogP contribution in [0.1, 0.15) is 16.1 Å². The Morgan fingerprint density at radius 3 is 2.87 bits per heavy atom. The molecule has 2 atom stereocenters. The van der Waals surface area contributed by atoms with Crippen LogP contribution in [0, 0.1) is 0 Å². The summed E-state index contributed by atoms with van der Waals surface area (Å²) in [4.78, 5) is 60.2. The zero-order chi connectivity index (χ0) is 27.4. The van der Waals surface area contributed by atoms with Gasteiger partial charge in [0.2, 0.25) is 0 Å². The number of anilines is 1. The number of nitrogens with two attached hydrogens (primary N) is 1. The summed E-state index contributed by atoms with van der Waals surface area (Å²) in [5, 5.41) is 17.9. The van der Waals surface area contributed by atoms with Crippen molar-refractivity contribution in [3.05, 3.63) is 63.9 Å². The summed E-state index contributed by atoms with van der Waals surface area (Å²) >= 11 is 2.32. The van der Waals surface area contributed by atoms with Gasteiger partial charge in [-0.15, -0.1) is 23.1 Å². The van der Waals surface area contributed by atoms with E-state index in [-0.39, 0.29) is 28.8 Å². The molecule has 4 heterocycles. The van der Waals surface area contributed by atoms with E-state index in [1.807, 2.05) is 0 Å². The Labute approximate surface area is 224 Å². The van der Waals surface area contributed by atoms with E-state index in [1.165, 1.54) is 36.4 Å². The number of nitrogen functional groups attached to an aromatic ring is 1. The summed E-state index contributed by atoms with van der Waals surface area (Å²) in [6.07, 6.45) is 6.40. The fraction of sp³-hybridized carbons (Fsp3) is 0.261. The molecule has 2 amide bonds. The zero-order valence-corrected chi connectivity index (χ0v) is 21.8. The number of thioether (sulfide) groups is 1. The molecule has 2 aromatic rings. The smallest absolute Gasteiger partial charge is 0.353 e. The lowest BCUT2D eigenvalue weighted by Crippen LogP contribution is -2.73. The maximum absolute atomic E-state index is 12.9. The van der Waals surface area contributed by atoms with E-state index in [2.05, 4.69) is 15.5 Å². The van der Waals surface area contributed by atoms with Crippen molar-refractivity contribution < 1.29 is 38.4 Å². The van der Waals surface area contributed by atoms with Crippen LogP contribution in [0.25, 0.3) is 0 Å². The number of ether oxygens (including phenoxy) is 1. The summed E-state index contributed by atoms with van der Waals surface area (Å²) in [6, 6.07) is 1.79. The molecule has 2 unspecified atom stereocenters. The van der Waals surface area contributed by atoms with Gasteiger partial charge in [0.25, 0.3) is 11.8 Å². The molecule has 38 heavy (non-hydrogen) atoms. The Kier molecular flexibility index (Phi) is 8.07. The Bertz CT molecular complexity index is 1390. The maximum atomic E-state index is 12.9. The number of pyridine rings is 1. The van der Waals surface area contributed by atoms with Gasteiger partial charge >= 0.3 is 11.9 Å². The Balaban J connectivity index is 1.42. The number of nitrogens with zero attached hydrogens (tertiary/aromatic N) is 4. The summed E-state index contributed by atoms with van der Waals surface area (Å²) in [5.74, 6) is -2.78. The Morgan fingerprint density at radius 2 is 2.21 bits per heavy atom. The lowest BCUT2D eigenvalue weighted by Gasteiger charge is -2.49. The molecule has 1 saturated heterocycles. The Hall–Kier alpha value is -4.24. The van der Waals surface area contributed by atoms with Crippen LogP contribution in [0.3, 0.4) is 0 Å². The zero-order valence-electron chi connectivity index (χ0n) is 20.2. The number of rotatable bonds is 9. The summed E-state index contributed by atoms with van der Waals surface area (Å²) in [6.45, 7) is -0.0901. The number of allylic oxidation sites excluding steroid dienone is 1. The number of hydrogen-bond acceptors (Lipinski definition) is 11. The molecule has 0 saturated carbocycles. The number of oxime groups is 1. The highest BCUT2D eigenvalue weighted by atomic mass is 32.2. The molecule has 1 fully saturated rings. The number of aliphatic carboxylic acids is 1. The number of nitrogens with one attached hydrogen (secondary N) is 1. The average Bonchev–Trinajstić information content (AvgIpc) is 3.32. The topological polar surface area (TPSA) is 177 Å². The van der Waals surface area contributed by atoms with Crippen LogP contribution in [0.2, 0.25) is 0 Å². The van der Waals surface area contributed by atoms with Crippen molar-refractivity contribution in [2.75, 3.05) is 25.2 Å². The molecule has 0 spiro atoms.